The van der Waals surface area contributed by atoms with Crippen LogP contribution in [0.5, 0.6) is 0 Å². The highest BCUT2D eigenvalue weighted by atomic mass is 35.5. The Hall–Kier alpha value is -2.09. The highest BCUT2D eigenvalue weighted by Gasteiger charge is 2.18. The molecule has 0 heterocycles. The fraction of sp³-hybridized carbons (Fsp3) is 0.133. The molecule has 2 rings (SSSR count). The van der Waals surface area contributed by atoms with Gasteiger partial charge in [-0.2, -0.15) is 0 Å². The zero-order valence-electron chi connectivity index (χ0n) is 12.2. The standard InChI is InChI=1S/C15H15ClN2O4S/c1-22-15(19)11-6-10(9-17)7-12(8-11)18-23(20,21)14-5-3-2-4-13(14)16/h2-8,18H,9,17H2,1H3. The Balaban J connectivity index is 2.43. The third kappa shape index (κ3) is 4.01. The lowest BCUT2D eigenvalue weighted by atomic mass is 10.1. The van der Waals surface area contributed by atoms with E-state index in [2.05, 4.69) is 9.46 Å². The molecule has 0 aliphatic rings. The summed E-state index contributed by atoms with van der Waals surface area (Å²) in [4.78, 5) is 11.6. The average molecular weight is 355 g/mol. The molecule has 0 spiro atoms. The number of halogens is 1. The van der Waals surface area contributed by atoms with Gasteiger partial charge in [0, 0.05) is 12.2 Å². The first-order chi connectivity index (χ1) is 10.9. The molecule has 0 radical (unpaired) electrons. The van der Waals surface area contributed by atoms with Crippen LogP contribution in [-0.2, 0) is 21.3 Å². The Morgan fingerprint density at radius 2 is 1.96 bits per heavy atom. The monoisotopic (exact) mass is 354 g/mol. The second-order valence-electron chi connectivity index (χ2n) is 4.65. The quantitative estimate of drug-likeness (QED) is 0.803. The van der Waals surface area contributed by atoms with E-state index < -0.39 is 16.0 Å². The molecule has 2 aromatic carbocycles. The Morgan fingerprint density at radius 3 is 2.57 bits per heavy atom. The average Bonchev–Trinajstić information content (AvgIpc) is 2.53. The molecule has 23 heavy (non-hydrogen) atoms. The molecule has 0 fully saturated rings. The number of carbonyl (C=O) groups excluding carboxylic acids is 1. The molecule has 8 heteroatoms. The maximum Gasteiger partial charge on any atom is 0.337 e. The second kappa shape index (κ2) is 6.99. The van der Waals surface area contributed by atoms with Crippen molar-refractivity contribution in [2.75, 3.05) is 11.8 Å². The van der Waals surface area contributed by atoms with Crippen molar-refractivity contribution in [3.05, 3.63) is 58.6 Å². The Labute approximate surface area is 139 Å². The molecule has 0 aromatic heterocycles. The number of ether oxygens (including phenoxy) is 1. The van der Waals surface area contributed by atoms with Gasteiger partial charge in [-0.05, 0) is 35.9 Å². The molecule has 122 valence electrons. The highest BCUT2D eigenvalue weighted by Crippen LogP contribution is 2.24. The van der Waals surface area contributed by atoms with Gasteiger partial charge in [-0.25, -0.2) is 13.2 Å². The smallest absolute Gasteiger partial charge is 0.337 e. The second-order valence-corrected chi connectivity index (χ2v) is 6.71. The number of methoxy groups -OCH3 is 1. The SMILES string of the molecule is COC(=O)c1cc(CN)cc(NS(=O)(=O)c2ccccc2Cl)c1. The zero-order chi connectivity index (χ0) is 17.0. The predicted octanol–water partition coefficient (Wildman–Crippen LogP) is 2.39. The van der Waals surface area contributed by atoms with Crippen molar-refractivity contribution < 1.29 is 17.9 Å². The lowest BCUT2D eigenvalue weighted by Gasteiger charge is -2.12. The van der Waals surface area contributed by atoms with Gasteiger partial charge in [0.25, 0.3) is 10.0 Å². The van der Waals surface area contributed by atoms with Gasteiger partial charge in [-0.15, -0.1) is 0 Å². The van der Waals surface area contributed by atoms with Gasteiger partial charge in [-0.3, -0.25) is 4.72 Å². The van der Waals surface area contributed by atoms with Crippen molar-refractivity contribution in [3.63, 3.8) is 0 Å². The van der Waals surface area contributed by atoms with Crippen molar-refractivity contribution in [1.29, 1.82) is 0 Å². The van der Waals surface area contributed by atoms with Gasteiger partial charge in [0.05, 0.1) is 17.7 Å². The summed E-state index contributed by atoms with van der Waals surface area (Å²) in [6.45, 7) is 0.144. The number of nitrogens with two attached hydrogens (primary N) is 1. The van der Waals surface area contributed by atoms with Crippen molar-refractivity contribution >= 4 is 33.3 Å². The third-order valence-corrected chi connectivity index (χ3v) is 4.91. The molecule has 0 unspecified atom stereocenters. The minimum atomic E-state index is -3.89. The number of sulfonamides is 1. The van der Waals surface area contributed by atoms with Crippen LogP contribution in [-0.4, -0.2) is 21.5 Å². The van der Waals surface area contributed by atoms with Gasteiger partial charge in [0.15, 0.2) is 0 Å². The van der Waals surface area contributed by atoms with Gasteiger partial charge < -0.3 is 10.5 Å². The number of carbonyl (C=O) groups is 1. The zero-order valence-corrected chi connectivity index (χ0v) is 13.8. The molecule has 0 aliphatic heterocycles. The predicted molar refractivity (Wildman–Crippen MR) is 87.9 cm³/mol. The van der Waals surface area contributed by atoms with Crippen LogP contribution >= 0.6 is 11.6 Å². The van der Waals surface area contributed by atoms with E-state index in [1.54, 1.807) is 24.3 Å². The summed E-state index contributed by atoms with van der Waals surface area (Å²) < 4.78 is 31.9. The van der Waals surface area contributed by atoms with Gasteiger partial charge >= 0.3 is 5.97 Å². The van der Waals surface area contributed by atoms with Crippen molar-refractivity contribution in [2.45, 2.75) is 11.4 Å². The first kappa shape index (κ1) is 17.3. The molecule has 3 N–H and O–H groups in total. The number of hydrogen-bond donors (Lipinski definition) is 2. The molecule has 0 saturated carbocycles. The Morgan fingerprint density at radius 1 is 1.26 bits per heavy atom. The summed E-state index contributed by atoms with van der Waals surface area (Å²) in [7, 11) is -2.65. The number of rotatable bonds is 5. The normalized spacial score (nSPS) is 11.1. The summed E-state index contributed by atoms with van der Waals surface area (Å²) in [5.74, 6) is -0.585. The number of nitrogens with one attached hydrogen (secondary N) is 1. The van der Waals surface area contributed by atoms with E-state index >= 15 is 0 Å². The minimum Gasteiger partial charge on any atom is -0.465 e. The molecule has 2 aromatic rings. The number of esters is 1. The molecule has 0 saturated heterocycles. The Kier molecular flexibility index (Phi) is 5.25. The number of anilines is 1. The Bertz CT molecular complexity index is 837. The largest absolute Gasteiger partial charge is 0.465 e. The van der Waals surface area contributed by atoms with E-state index in [-0.39, 0.29) is 27.7 Å². The van der Waals surface area contributed by atoms with Crippen LogP contribution in [0, 0.1) is 0 Å². The lowest BCUT2D eigenvalue weighted by Crippen LogP contribution is -2.15. The van der Waals surface area contributed by atoms with Crippen LogP contribution in [0.15, 0.2) is 47.4 Å². The fourth-order valence-electron chi connectivity index (χ4n) is 1.98. The van der Waals surface area contributed by atoms with E-state index in [9.17, 15) is 13.2 Å². The molecular formula is C15H15ClN2O4S. The van der Waals surface area contributed by atoms with E-state index in [1.165, 1.54) is 25.3 Å². The van der Waals surface area contributed by atoms with Gasteiger partial charge in [0.1, 0.15) is 4.90 Å². The fourth-order valence-corrected chi connectivity index (χ4v) is 3.54. The van der Waals surface area contributed by atoms with E-state index in [0.717, 1.165) is 0 Å². The summed E-state index contributed by atoms with van der Waals surface area (Å²) >= 11 is 5.92. The van der Waals surface area contributed by atoms with Crippen molar-refractivity contribution in [3.8, 4) is 0 Å². The maximum atomic E-state index is 12.4. The van der Waals surface area contributed by atoms with Crippen molar-refractivity contribution in [1.82, 2.24) is 0 Å². The summed E-state index contributed by atoms with van der Waals surface area (Å²) in [5, 5.41) is 0.100. The summed E-state index contributed by atoms with van der Waals surface area (Å²) in [6.07, 6.45) is 0. The lowest BCUT2D eigenvalue weighted by molar-refractivity contribution is 0.0600. The van der Waals surface area contributed by atoms with Crippen LogP contribution in [0.3, 0.4) is 0 Å². The molecule has 0 amide bonds. The van der Waals surface area contributed by atoms with Gasteiger partial charge in [0.2, 0.25) is 0 Å². The molecule has 0 atom stereocenters. The topological polar surface area (TPSA) is 98.5 Å². The van der Waals surface area contributed by atoms with Crippen LogP contribution in [0.2, 0.25) is 5.02 Å². The van der Waals surface area contributed by atoms with Gasteiger partial charge in [-0.1, -0.05) is 23.7 Å². The van der Waals surface area contributed by atoms with E-state index in [0.29, 0.717) is 5.56 Å². The van der Waals surface area contributed by atoms with E-state index in [4.69, 9.17) is 17.3 Å². The number of hydrogen-bond acceptors (Lipinski definition) is 5. The molecule has 0 aliphatic carbocycles. The van der Waals surface area contributed by atoms with Crippen molar-refractivity contribution in [2.24, 2.45) is 5.73 Å². The molecule has 6 nitrogen and oxygen atoms in total. The van der Waals surface area contributed by atoms with Crippen LogP contribution in [0.4, 0.5) is 5.69 Å². The maximum absolute atomic E-state index is 12.4. The van der Waals surface area contributed by atoms with Crippen LogP contribution in [0.1, 0.15) is 15.9 Å². The summed E-state index contributed by atoms with van der Waals surface area (Å²) in [6, 6.07) is 10.5. The third-order valence-electron chi connectivity index (χ3n) is 3.03. The first-order valence-corrected chi connectivity index (χ1v) is 8.43. The van der Waals surface area contributed by atoms with Crippen LogP contribution in [0.25, 0.3) is 0 Å². The summed E-state index contributed by atoms with van der Waals surface area (Å²) in [5.41, 5.74) is 6.57. The highest BCUT2D eigenvalue weighted by molar-refractivity contribution is 7.92. The van der Waals surface area contributed by atoms with Crippen LogP contribution < -0.4 is 10.5 Å². The number of benzene rings is 2. The first-order valence-electron chi connectivity index (χ1n) is 6.57. The molecular weight excluding hydrogens is 340 g/mol. The van der Waals surface area contributed by atoms with E-state index in [1.807, 2.05) is 0 Å². The molecule has 0 bridgehead atoms. The minimum absolute atomic E-state index is 0.0561.